The van der Waals surface area contributed by atoms with E-state index in [0.717, 1.165) is 42.0 Å². The van der Waals surface area contributed by atoms with Gasteiger partial charge < -0.3 is 14.7 Å². The lowest BCUT2D eigenvalue weighted by Gasteiger charge is -2.47. The highest BCUT2D eigenvalue weighted by Gasteiger charge is 2.51. The van der Waals surface area contributed by atoms with Crippen LogP contribution in [-0.2, 0) is 16.1 Å². The number of carboxylic acids is 1. The summed E-state index contributed by atoms with van der Waals surface area (Å²) in [7, 11) is 0. The molecule has 1 unspecified atom stereocenters. The normalized spacial score (nSPS) is 19.1. The van der Waals surface area contributed by atoms with Gasteiger partial charge in [0.2, 0.25) is 0 Å². The van der Waals surface area contributed by atoms with Crippen molar-refractivity contribution in [1.29, 1.82) is 0 Å². The second-order valence-electron chi connectivity index (χ2n) is 7.83. The van der Waals surface area contributed by atoms with Crippen LogP contribution in [0.15, 0.2) is 48.8 Å². The van der Waals surface area contributed by atoms with Gasteiger partial charge in [-0.15, -0.1) is 11.8 Å². The molecule has 1 N–H and O–H groups in total. The Morgan fingerprint density at radius 3 is 2.59 bits per heavy atom. The average Bonchev–Trinajstić information content (AvgIpc) is 3.16. The molecule has 2 fully saturated rings. The Morgan fingerprint density at radius 1 is 1.28 bits per heavy atom. The Labute approximate surface area is 187 Å². The molecule has 1 atom stereocenters. The highest BCUT2D eigenvalue weighted by atomic mass is 32.2. The quantitative estimate of drug-likeness (QED) is 0.732. The van der Waals surface area contributed by atoms with Crippen molar-refractivity contribution in [2.45, 2.75) is 37.0 Å². The first-order valence-electron chi connectivity index (χ1n) is 9.88. The Hall–Kier alpha value is -2.59. The van der Waals surface area contributed by atoms with Gasteiger partial charge in [-0.25, -0.2) is 4.79 Å². The van der Waals surface area contributed by atoms with E-state index >= 15 is 0 Å². The van der Waals surface area contributed by atoms with Gasteiger partial charge in [0.05, 0.1) is 17.5 Å². The van der Waals surface area contributed by atoms with E-state index in [2.05, 4.69) is 4.98 Å². The maximum Gasteiger partial charge on any atom is 0.490 e. The predicted octanol–water partition coefficient (Wildman–Crippen LogP) is 3.94. The fourth-order valence-electron chi connectivity index (χ4n) is 3.58. The average molecular weight is 468 g/mol. The van der Waals surface area contributed by atoms with Crippen LogP contribution in [0.25, 0.3) is 0 Å². The lowest BCUT2D eigenvalue weighted by Crippen LogP contribution is -2.60. The third-order valence-electron chi connectivity index (χ3n) is 5.14. The predicted molar refractivity (Wildman–Crippen MR) is 113 cm³/mol. The molecule has 1 aromatic carbocycles. The standard InChI is InChI=1S/C20H22N2O2S.C2HF3O2/c1-15-4-2-6-17(8-15)19(23)22-13-20(14-22)9-18(12-25-20)24-11-16-5-3-7-21-10-16;3-2(4,5)1(6)7/h2-8,10,18H,9,11-14H2,1H3;(H,6,7). The van der Waals surface area contributed by atoms with E-state index < -0.39 is 12.1 Å². The number of aromatic nitrogens is 1. The number of pyridine rings is 1. The maximum atomic E-state index is 12.6. The smallest absolute Gasteiger partial charge is 0.475 e. The molecule has 1 amide bonds. The van der Waals surface area contributed by atoms with Crippen molar-refractivity contribution >= 4 is 23.6 Å². The summed E-state index contributed by atoms with van der Waals surface area (Å²) in [6, 6.07) is 11.8. The fraction of sp³-hybridized carbons (Fsp3) is 0.409. The number of aryl methyl sites for hydroxylation is 1. The maximum absolute atomic E-state index is 12.6. The molecule has 3 heterocycles. The van der Waals surface area contributed by atoms with Crippen LogP contribution in [0, 0.1) is 6.92 Å². The number of carbonyl (C=O) groups is 2. The Bertz CT molecular complexity index is 950. The molecule has 0 radical (unpaired) electrons. The van der Waals surface area contributed by atoms with Gasteiger partial charge in [0, 0.05) is 36.8 Å². The first-order valence-corrected chi connectivity index (χ1v) is 10.9. The molecule has 2 aliphatic heterocycles. The first-order chi connectivity index (χ1) is 15.1. The zero-order valence-corrected chi connectivity index (χ0v) is 18.2. The zero-order valence-electron chi connectivity index (χ0n) is 17.3. The number of carbonyl (C=O) groups excluding carboxylic acids is 1. The molecule has 0 saturated carbocycles. The van der Waals surface area contributed by atoms with Gasteiger partial charge >= 0.3 is 12.1 Å². The van der Waals surface area contributed by atoms with E-state index in [4.69, 9.17) is 14.6 Å². The second-order valence-corrected chi connectivity index (χ2v) is 9.31. The largest absolute Gasteiger partial charge is 0.490 e. The van der Waals surface area contributed by atoms with Crippen molar-refractivity contribution in [3.63, 3.8) is 0 Å². The van der Waals surface area contributed by atoms with Gasteiger partial charge in [-0.3, -0.25) is 9.78 Å². The van der Waals surface area contributed by atoms with E-state index in [1.54, 1.807) is 6.20 Å². The molecule has 4 rings (SSSR count). The van der Waals surface area contributed by atoms with Gasteiger partial charge in [-0.1, -0.05) is 23.8 Å². The lowest BCUT2D eigenvalue weighted by molar-refractivity contribution is -0.192. The lowest BCUT2D eigenvalue weighted by atomic mass is 9.92. The van der Waals surface area contributed by atoms with Crippen LogP contribution in [0.3, 0.4) is 0 Å². The number of hydrogen-bond acceptors (Lipinski definition) is 5. The SMILES string of the molecule is Cc1cccc(C(=O)N2CC3(CC(OCc4cccnc4)CS3)C2)c1.O=C(O)C(F)(F)F. The number of thioether (sulfide) groups is 1. The molecule has 2 aliphatic rings. The topological polar surface area (TPSA) is 79.7 Å². The third kappa shape index (κ3) is 6.23. The van der Waals surface area contributed by atoms with Crippen molar-refractivity contribution in [3.8, 4) is 0 Å². The summed E-state index contributed by atoms with van der Waals surface area (Å²) in [5, 5.41) is 7.12. The number of amides is 1. The van der Waals surface area contributed by atoms with Crippen LogP contribution < -0.4 is 0 Å². The van der Waals surface area contributed by atoms with E-state index in [9.17, 15) is 18.0 Å². The molecule has 2 saturated heterocycles. The highest BCUT2D eigenvalue weighted by Crippen LogP contribution is 2.46. The van der Waals surface area contributed by atoms with Crippen LogP contribution in [0.1, 0.15) is 27.9 Å². The van der Waals surface area contributed by atoms with Crippen LogP contribution >= 0.6 is 11.8 Å². The Morgan fingerprint density at radius 2 is 2.00 bits per heavy atom. The van der Waals surface area contributed by atoms with Crippen molar-refractivity contribution in [3.05, 3.63) is 65.5 Å². The number of alkyl halides is 3. The molecule has 6 nitrogen and oxygen atoms in total. The van der Waals surface area contributed by atoms with Crippen LogP contribution in [0.2, 0.25) is 0 Å². The molecule has 0 aliphatic carbocycles. The number of ether oxygens (including phenoxy) is 1. The number of carboxylic acid groups (broad SMARTS) is 1. The van der Waals surface area contributed by atoms with Crippen molar-refractivity contribution in [1.82, 2.24) is 9.88 Å². The Kier molecular flexibility index (Phi) is 7.45. The first kappa shape index (κ1) is 24.1. The van der Waals surface area contributed by atoms with Crippen molar-refractivity contribution < 1.29 is 32.6 Å². The van der Waals surface area contributed by atoms with Crippen LogP contribution in [-0.4, -0.2) is 62.7 Å². The summed E-state index contributed by atoms with van der Waals surface area (Å²) >= 11 is 1.96. The third-order valence-corrected chi connectivity index (χ3v) is 6.71. The molecule has 0 bridgehead atoms. The second kappa shape index (κ2) is 9.91. The summed E-state index contributed by atoms with van der Waals surface area (Å²) in [5.74, 6) is -1.60. The molecular formula is C22H23F3N2O4S. The van der Waals surface area contributed by atoms with Crippen LogP contribution in [0.4, 0.5) is 13.2 Å². The number of rotatable bonds is 4. The zero-order chi connectivity index (χ0) is 23.4. The van der Waals surface area contributed by atoms with Gasteiger partial charge in [-0.2, -0.15) is 13.2 Å². The van der Waals surface area contributed by atoms with Gasteiger partial charge in [0.15, 0.2) is 0 Å². The van der Waals surface area contributed by atoms with E-state index in [-0.39, 0.29) is 16.8 Å². The van der Waals surface area contributed by atoms with Crippen molar-refractivity contribution in [2.24, 2.45) is 0 Å². The van der Waals surface area contributed by atoms with Gasteiger partial charge in [-0.05, 0) is 37.1 Å². The number of likely N-dealkylation sites (tertiary alicyclic amines) is 1. The molecule has 32 heavy (non-hydrogen) atoms. The van der Waals surface area contributed by atoms with Crippen LogP contribution in [0.5, 0.6) is 0 Å². The molecular weight excluding hydrogens is 445 g/mol. The molecule has 1 aromatic heterocycles. The summed E-state index contributed by atoms with van der Waals surface area (Å²) in [4.78, 5) is 27.6. The van der Waals surface area contributed by atoms with E-state index in [0.29, 0.717) is 6.61 Å². The number of hydrogen-bond donors (Lipinski definition) is 1. The Balaban J connectivity index is 0.000000360. The highest BCUT2D eigenvalue weighted by molar-refractivity contribution is 8.01. The number of halogens is 3. The number of benzene rings is 1. The molecule has 2 aromatic rings. The summed E-state index contributed by atoms with van der Waals surface area (Å²) in [6.45, 7) is 4.29. The summed E-state index contributed by atoms with van der Waals surface area (Å²) in [5.41, 5.74) is 3.03. The molecule has 1 spiro atoms. The fourth-order valence-corrected chi connectivity index (χ4v) is 5.13. The molecule has 10 heteroatoms. The minimum absolute atomic E-state index is 0.148. The minimum atomic E-state index is -5.08. The number of aliphatic carboxylic acids is 1. The molecule has 172 valence electrons. The summed E-state index contributed by atoms with van der Waals surface area (Å²) in [6.07, 6.45) is -0.168. The number of nitrogens with zero attached hydrogens (tertiary/aromatic N) is 2. The van der Waals surface area contributed by atoms with E-state index in [1.165, 1.54) is 0 Å². The van der Waals surface area contributed by atoms with E-state index in [1.807, 2.05) is 66.2 Å². The summed E-state index contributed by atoms with van der Waals surface area (Å²) < 4.78 is 38.0. The van der Waals surface area contributed by atoms with Gasteiger partial charge in [0.1, 0.15) is 0 Å². The minimum Gasteiger partial charge on any atom is -0.475 e. The monoisotopic (exact) mass is 468 g/mol. The van der Waals surface area contributed by atoms with Gasteiger partial charge in [0.25, 0.3) is 5.91 Å². The van der Waals surface area contributed by atoms with Crippen molar-refractivity contribution in [2.75, 3.05) is 18.8 Å².